The van der Waals surface area contributed by atoms with Gasteiger partial charge in [-0.1, -0.05) is 13.0 Å². The van der Waals surface area contributed by atoms with Gasteiger partial charge in [-0.25, -0.2) is 12.8 Å². The lowest BCUT2D eigenvalue weighted by atomic mass is 10.2. The maximum Gasteiger partial charge on any atom is 0.262 e. The highest BCUT2D eigenvalue weighted by atomic mass is 32.2. The second-order valence-electron chi connectivity index (χ2n) is 4.60. The number of hydrogen-bond donors (Lipinski definition) is 2. The van der Waals surface area contributed by atoms with E-state index in [9.17, 15) is 12.8 Å². The van der Waals surface area contributed by atoms with Gasteiger partial charge in [0.25, 0.3) is 10.0 Å². The minimum Gasteiger partial charge on any atom is -0.312 e. The van der Waals surface area contributed by atoms with E-state index < -0.39 is 15.8 Å². The molecule has 4 nitrogen and oxygen atoms in total. The largest absolute Gasteiger partial charge is 0.312 e. The second-order valence-corrected chi connectivity index (χ2v) is 7.28. The topological polar surface area (TPSA) is 58.2 Å². The molecule has 0 aliphatic heterocycles. The third-order valence-corrected chi connectivity index (χ3v) is 5.36. The van der Waals surface area contributed by atoms with Crippen molar-refractivity contribution in [2.24, 2.45) is 0 Å². The predicted octanol–water partition coefficient (Wildman–Crippen LogP) is 3.11. The lowest BCUT2D eigenvalue weighted by Crippen LogP contribution is -2.13. The molecule has 114 valence electrons. The highest BCUT2D eigenvalue weighted by Gasteiger charge is 2.16. The quantitative estimate of drug-likeness (QED) is 0.856. The molecule has 1 heterocycles. The van der Waals surface area contributed by atoms with Crippen LogP contribution in [0.4, 0.5) is 10.1 Å². The van der Waals surface area contributed by atoms with E-state index in [-0.39, 0.29) is 10.6 Å². The molecule has 2 aromatic rings. The first kappa shape index (κ1) is 15.9. The maximum absolute atomic E-state index is 13.5. The van der Waals surface area contributed by atoms with Crippen LogP contribution in [0.5, 0.6) is 0 Å². The molecule has 2 rings (SSSR count). The molecule has 0 radical (unpaired) electrons. The Labute approximate surface area is 128 Å². The van der Waals surface area contributed by atoms with E-state index in [1.807, 2.05) is 6.92 Å². The van der Waals surface area contributed by atoms with Crippen molar-refractivity contribution in [3.05, 3.63) is 45.9 Å². The van der Waals surface area contributed by atoms with Gasteiger partial charge in [0.1, 0.15) is 5.82 Å². The standard InChI is InChI=1S/C14H17FN2O2S2/c1-3-16-8-12-7-13(9-20-12)21(18,19)17-11-5-4-10(2)14(15)6-11/h4-7,9,16-17H,3,8H2,1-2H3. The molecule has 0 saturated carbocycles. The third kappa shape index (κ3) is 4.03. The summed E-state index contributed by atoms with van der Waals surface area (Å²) in [6.45, 7) is 5.06. The van der Waals surface area contributed by atoms with Crippen LogP contribution >= 0.6 is 11.3 Å². The number of halogens is 1. The maximum atomic E-state index is 13.5. The molecule has 2 N–H and O–H groups in total. The Balaban J connectivity index is 2.17. The van der Waals surface area contributed by atoms with Crippen LogP contribution < -0.4 is 10.0 Å². The van der Waals surface area contributed by atoms with Gasteiger partial charge in [-0.15, -0.1) is 11.3 Å². The molecule has 0 aliphatic rings. The van der Waals surface area contributed by atoms with E-state index >= 15 is 0 Å². The first-order valence-corrected chi connectivity index (χ1v) is 8.86. The Morgan fingerprint density at radius 2 is 2.05 bits per heavy atom. The van der Waals surface area contributed by atoms with E-state index in [1.165, 1.54) is 23.5 Å². The van der Waals surface area contributed by atoms with E-state index in [0.717, 1.165) is 11.4 Å². The van der Waals surface area contributed by atoms with E-state index in [4.69, 9.17) is 0 Å². The molecule has 0 saturated heterocycles. The minimum absolute atomic E-state index is 0.196. The first-order chi connectivity index (χ1) is 9.92. The monoisotopic (exact) mass is 328 g/mol. The Morgan fingerprint density at radius 3 is 2.71 bits per heavy atom. The summed E-state index contributed by atoms with van der Waals surface area (Å²) >= 11 is 1.38. The van der Waals surface area contributed by atoms with E-state index in [2.05, 4.69) is 10.0 Å². The average Bonchev–Trinajstić information content (AvgIpc) is 2.90. The number of rotatable bonds is 6. The molecule has 0 unspecified atom stereocenters. The van der Waals surface area contributed by atoms with Crippen molar-refractivity contribution in [2.45, 2.75) is 25.3 Å². The minimum atomic E-state index is -3.68. The summed E-state index contributed by atoms with van der Waals surface area (Å²) in [5.74, 6) is -0.437. The molecule has 0 bridgehead atoms. The Bertz CT molecular complexity index is 726. The molecule has 0 amide bonds. The van der Waals surface area contributed by atoms with E-state index in [0.29, 0.717) is 12.1 Å². The molecular formula is C14H17FN2O2S2. The van der Waals surface area contributed by atoms with Crippen molar-refractivity contribution < 1.29 is 12.8 Å². The summed E-state index contributed by atoms with van der Waals surface area (Å²) in [6, 6.07) is 5.89. The highest BCUT2D eigenvalue weighted by molar-refractivity contribution is 7.92. The zero-order valence-corrected chi connectivity index (χ0v) is 13.4. The second kappa shape index (κ2) is 6.55. The number of hydrogen-bond acceptors (Lipinski definition) is 4. The molecule has 1 aromatic carbocycles. The third-order valence-electron chi connectivity index (χ3n) is 2.91. The molecule has 7 heteroatoms. The number of nitrogens with one attached hydrogen (secondary N) is 2. The summed E-state index contributed by atoms with van der Waals surface area (Å²) in [5, 5.41) is 4.72. The lowest BCUT2D eigenvalue weighted by Gasteiger charge is -2.07. The van der Waals surface area contributed by atoms with Gasteiger partial charge in [-0.3, -0.25) is 4.72 Å². The molecule has 1 aromatic heterocycles. The Kier molecular flexibility index (Phi) is 4.97. The zero-order valence-electron chi connectivity index (χ0n) is 11.8. The lowest BCUT2D eigenvalue weighted by molar-refractivity contribution is 0.601. The SMILES string of the molecule is CCNCc1cc(S(=O)(=O)Nc2ccc(C)c(F)c2)cs1. The molecule has 0 spiro atoms. The summed E-state index contributed by atoms with van der Waals surface area (Å²) in [6.07, 6.45) is 0. The predicted molar refractivity (Wildman–Crippen MR) is 83.6 cm³/mol. The fourth-order valence-corrected chi connectivity index (χ4v) is 4.01. The van der Waals surface area contributed by atoms with Gasteiger partial charge in [0.15, 0.2) is 0 Å². The first-order valence-electron chi connectivity index (χ1n) is 6.49. The van der Waals surface area contributed by atoms with Crippen LogP contribution in [-0.4, -0.2) is 15.0 Å². The number of thiophene rings is 1. The van der Waals surface area contributed by atoms with Gasteiger partial charge in [0, 0.05) is 16.8 Å². The van der Waals surface area contributed by atoms with Crippen LogP contribution in [0, 0.1) is 12.7 Å². The van der Waals surface area contributed by atoms with E-state index in [1.54, 1.807) is 24.4 Å². The van der Waals surface area contributed by atoms with Gasteiger partial charge in [0.2, 0.25) is 0 Å². The molecular weight excluding hydrogens is 311 g/mol. The molecule has 0 atom stereocenters. The number of aryl methyl sites for hydroxylation is 1. The number of sulfonamides is 1. The van der Waals surface area contributed by atoms with Gasteiger partial charge in [-0.05, 0) is 37.2 Å². The smallest absolute Gasteiger partial charge is 0.262 e. The normalized spacial score (nSPS) is 11.6. The van der Waals surface area contributed by atoms with Gasteiger partial charge >= 0.3 is 0 Å². The molecule has 21 heavy (non-hydrogen) atoms. The fraction of sp³-hybridized carbons (Fsp3) is 0.286. The summed E-state index contributed by atoms with van der Waals surface area (Å²) in [5.41, 5.74) is 0.693. The number of benzene rings is 1. The van der Waals surface area contributed by atoms with Crippen LogP contribution in [-0.2, 0) is 16.6 Å². The average molecular weight is 328 g/mol. The summed E-state index contributed by atoms with van der Waals surface area (Å²) in [7, 11) is -3.68. The van der Waals surface area contributed by atoms with Crippen LogP contribution in [0.3, 0.4) is 0 Å². The van der Waals surface area contributed by atoms with Crippen LogP contribution in [0.25, 0.3) is 0 Å². The van der Waals surface area contributed by atoms with Crippen molar-refractivity contribution in [3.8, 4) is 0 Å². The van der Waals surface area contributed by atoms with Gasteiger partial charge < -0.3 is 5.32 Å². The highest BCUT2D eigenvalue weighted by Crippen LogP contribution is 2.23. The Hall–Kier alpha value is -1.44. The number of anilines is 1. The van der Waals surface area contributed by atoms with Crippen molar-refractivity contribution in [1.82, 2.24) is 5.32 Å². The molecule has 0 aliphatic carbocycles. The van der Waals surface area contributed by atoms with Crippen LogP contribution in [0.1, 0.15) is 17.4 Å². The van der Waals surface area contributed by atoms with Gasteiger partial charge in [0.05, 0.1) is 10.6 Å². The van der Waals surface area contributed by atoms with Crippen molar-refractivity contribution >= 4 is 27.0 Å². The van der Waals surface area contributed by atoms with Crippen molar-refractivity contribution in [2.75, 3.05) is 11.3 Å². The van der Waals surface area contributed by atoms with Gasteiger partial charge in [-0.2, -0.15) is 0 Å². The molecule has 0 fully saturated rings. The van der Waals surface area contributed by atoms with Crippen LogP contribution in [0.15, 0.2) is 34.5 Å². The van der Waals surface area contributed by atoms with Crippen molar-refractivity contribution in [1.29, 1.82) is 0 Å². The van der Waals surface area contributed by atoms with Crippen LogP contribution in [0.2, 0.25) is 0 Å². The summed E-state index contributed by atoms with van der Waals surface area (Å²) < 4.78 is 40.3. The zero-order chi connectivity index (χ0) is 15.5. The fourth-order valence-electron chi connectivity index (χ4n) is 1.71. The summed E-state index contributed by atoms with van der Waals surface area (Å²) in [4.78, 5) is 1.13. The Morgan fingerprint density at radius 1 is 1.29 bits per heavy atom. The van der Waals surface area contributed by atoms with Crippen molar-refractivity contribution in [3.63, 3.8) is 0 Å².